The molecule has 0 bridgehead atoms. The molecule has 2 heterocycles. The van der Waals surface area contributed by atoms with Crippen molar-refractivity contribution in [1.82, 2.24) is 4.98 Å². The summed E-state index contributed by atoms with van der Waals surface area (Å²) in [6.45, 7) is 0. The van der Waals surface area contributed by atoms with Crippen LogP contribution in [0.25, 0.3) is 10.9 Å². The minimum absolute atomic E-state index is 0.278. The van der Waals surface area contributed by atoms with Gasteiger partial charge in [0.25, 0.3) is 5.91 Å². The predicted octanol–water partition coefficient (Wildman–Crippen LogP) is 4.32. The highest BCUT2D eigenvalue weighted by Gasteiger charge is 2.34. The second-order valence-corrected chi connectivity index (χ2v) is 7.87. The smallest absolute Gasteiger partial charge is 0.270 e. The number of benzene rings is 2. The number of carbonyl (C=O) groups excluding carboxylic acids is 2. The first-order valence-electron chi connectivity index (χ1n) is 8.63. The molecule has 1 aliphatic rings. The molecule has 4 rings (SSSR count). The summed E-state index contributed by atoms with van der Waals surface area (Å²) in [5.41, 5.74) is 1.91. The molecule has 146 valence electrons. The van der Waals surface area contributed by atoms with E-state index >= 15 is 0 Å². The fraction of sp³-hybridized carbons (Fsp3) is 0.0952. The average molecular weight is 425 g/mol. The van der Waals surface area contributed by atoms with Gasteiger partial charge in [-0.3, -0.25) is 14.5 Å². The van der Waals surface area contributed by atoms with Crippen molar-refractivity contribution in [3.63, 3.8) is 0 Å². The number of carbonyl (C=O) groups is 2. The largest absolute Gasteiger partial charge is 0.497 e. The van der Waals surface area contributed by atoms with Crippen LogP contribution in [0.15, 0.2) is 59.6 Å². The molecule has 0 saturated carbocycles. The number of fused-ring (bicyclic) bond motifs is 1. The molecule has 0 unspecified atom stereocenters. The number of allylic oxidation sites excluding steroid dienone is 1. The first-order valence-corrected chi connectivity index (χ1v) is 9.86. The molecule has 1 aromatic heterocycles. The van der Waals surface area contributed by atoms with E-state index in [9.17, 15) is 9.59 Å². The summed E-state index contributed by atoms with van der Waals surface area (Å²) in [6.07, 6.45) is 2.97. The highest BCUT2D eigenvalue weighted by atomic mass is 32.2. The molecule has 0 spiro atoms. The third kappa shape index (κ3) is 3.52. The van der Waals surface area contributed by atoms with Crippen molar-refractivity contribution in [3.05, 3.63) is 65.2 Å². The number of hydrogen-bond donors (Lipinski definition) is 1. The van der Waals surface area contributed by atoms with E-state index in [1.807, 2.05) is 12.1 Å². The van der Waals surface area contributed by atoms with Gasteiger partial charge in [0.1, 0.15) is 11.5 Å². The number of thiocarbonyl (C=S) groups is 1. The van der Waals surface area contributed by atoms with Crippen molar-refractivity contribution in [2.24, 2.45) is 0 Å². The molecule has 0 aliphatic carbocycles. The molecule has 1 amide bonds. The third-order valence-corrected chi connectivity index (χ3v) is 5.84. The van der Waals surface area contributed by atoms with Gasteiger partial charge in [0.05, 0.1) is 24.8 Å². The molecule has 3 aromatic rings. The number of thioether (sulfide) groups is 1. The van der Waals surface area contributed by atoms with Crippen LogP contribution in [-0.2, 0) is 4.79 Å². The highest BCUT2D eigenvalue weighted by Crippen LogP contribution is 2.36. The first-order chi connectivity index (χ1) is 14.0. The zero-order chi connectivity index (χ0) is 20.5. The van der Waals surface area contributed by atoms with Crippen LogP contribution in [0.5, 0.6) is 11.5 Å². The number of hydrogen-bond acceptors (Lipinski definition) is 6. The van der Waals surface area contributed by atoms with Crippen LogP contribution in [0.2, 0.25) is 0 Å². The summed E-state index contributed by atoms with van der Waals surface area (Å²) >= 11 is 6.47. The van der Waals surface area contributed by atoms with E-state index in [-0.39, 0.29) is 16.6 Å². The van der Waals surface area contributed by atoms with Crippen molar-refractivity contribution < 1.29 is 19.1 Å². The number of ketones is 1. The van der Waals surface area contributed by atoms with Gasteiger partial charge in [0, 0.05) is 28.7 Å². The number of aromatic amines is 1. The van der Waals surface area contributed by atoms with Crippen molar-refractivity contribution in [2.75, 3.05) is 19.1 Å². The molecule has 1 aliphatic heterocycles. The Morgan fingerprint density at radius 2 is 1.79 bits per heavy atom. The summed E-state index contributed by atoms with van der Waals surface area (Å²) < 4.78 is 10.8. The van der Waals surface area contributed by atoms with Crippen molar-refractivity contribution in [1.29, 1.82) is 0 Å². The summed E-state index contributed by atoms with van der Waals surface area (Å²) in [5, 5.41) is 0.733. The zero-order valence-corrected chi connectivity index (χ0v) is 17.2. The second kappa shape index (κ2) is 7.73. The van der Waals surface area contributed by atoms with E-state index in [4.69, 9.17) is 21.7 Å². The maximum atomic E-state index is 12.9. The fourth-order valence-electron chi connectivity index (χ4n) is 3.05. The molecule has 8 heteroatoms. The average Bonchev–Trinajstić information content (AvgIpc) is 3.28. The number of amides is 1. The maximum Gasteiger partial charge on any atom is 0.270 e. The summed E-state index contributed by atoms with van der Waals surface area (Å²) in [4.78, 5) is 30.5. The van der Waals surface area contributed by atoms with E-state index in [0.29, 0.717) is 27.1 Å². The van der Waals surface area contributed by atoms with Gasteiger partial charge in [-0.1, -0.05) is 24.0 Å². The topological polar surface area (TPSA) is 71.6 Å². The van der Waals surface area contributed by atoms with Gasteiger partial charge >= 0.3 is 0 Å². The van der Waals surface area contributed by atoms with Gasteiger partial charge in [-0.15, -0.1) is 0 Å². The number of H-pyrrole nitrogens is 1. The molecule has 0 atom stereocenters. The monoisotopic (exact) mass is 424 g/mol. The third-order valence-electron chi connectivity index (χ3n) is 4.54. The molecule has 1 fully saturated rings. The Morgan fingerprint density at radius 1 is 1.10 bits per heavy atom. The summed E-state index contributed by atoms with van der Waals surface area (Å²) in [5.74, 6) is 0.729. The molecule has 1 saturated heterocycles. The van der Waals surface area contributed by atoms with Gasteiger partial charge in [0.15, 0.2) is 10.1 Å². The Bertz CT molecular complexity index is 1170. The Morgan fingerprint density at radius 3 is 2.48 bits per heavy atom. The Hall–Kier alpha value is -3.10. The summed E-state index contributed by atoms with van der Waals surface area (Å²) in [7, 11) is 3.14. The lowest BCUT2D eigenvalue weighted by atomic mass is 10.1. The standard InChI is InChI=1S/C21H16N2O4S2/c1-26-13-5-3-12(4-6-13)23-20(25)19(29-21(23)28)10-18(24)16-11-22-17-8-7-14(27-2)9-15(16)17/h3-11,22H,1-2H3/b19-10-. The predicted molar refractivity (Wildman–Crippen MR) is 118 cm³/mol. The lowest BCUT2D eigenvalue weighted by Crippen LogP contribution is -2.27. The first kappa shape index (κ1) is 19.2. The number of nitrogens with one attached hydrogen (secondary N) is 1. The Balaban J connectivity index is 1.64. The quantitative estimate of drug-likeness (QED) is 0.374. The van der Waals surface area contributed by atoms with Crippen molar-refractivity contribution in [3.8, 4) is 11.5 Å². The lowest BCUT2D eigenvalue weighted by molar-refractivity contribution is -0.113. The number of anilines is 1. The van der Waals surface area contributed by atoms with Gasteiger partial charge < -0.3 is 14.5 Å². The number of aromatic nitrogens is 1. The van der Waals surface area contributed by atoms with Crippen LogP contribution in [0.3, 0.4) is 0 Å². The van der Waals surface area contributed by atoms with Crippen LogP contribution in [0.4, 0.5) is 5.69 Å². The molecule has 6 nitrogen and oxygen atoms in total. The number of ether oxygens (including phenoxy) is 2. The maximum absolute atomic E-state index is 12.9. The number of nitrogens with zero attached hydrogens (tertiary/aromatic N) is 1. The van der Waals surface area contributed by atoms with E-state index in [1.165, 1.54) is 11.0 Å². The summed E-state index contributed by atoms with van der Waals surface area (Å²) in [6, 6.07) is 12.4. The van der Waals surface area contributed by atoms with Gasteiger partial charge in [-0.05, 0) is 42.5 Å². The second-order valence-electron chi connectivity index (χ2n) is 6.19. The van der Waals surface area contributed by atoms with Crippen LogP contribution in [-0.4, -0.2) is 35.2 Å². The highest BCUT2D eigenvalue weighted by molar-refractivity contribution is 8.27. The van der Waals surface area contributed by atoms with E-state index in [2.05, 4.69) is 4.98 Å². The van der Waals surface area contributed by atoms with E-state index < -0.39 is 0 Å². The normalized spacial score (nSPS) is 15.4. The molecule has 2 aromatic carbocycles. The van der Waals surface area contributed by atoms with Gasteiger partial charge in [0.2, 0.25) is 0 Å². The minimum Gasteiger partial charge on any atom is -0.497 e. The lowest BCUT2D eigenvalue weighted by Gasteiger charge is -2.14. The number of methoxy groups -OCH3 is 2. The van der Waals surface area contributed by atoms with E-state index in [1.54, 1.807) is 50.7 Å². The van der Waals surface area contributed by atoms with Crippen molar-refractivity contribution >= 4 is 56.6 Å². The van der Waals surface area contributed by atoms with Crippen LogP contribution < -0.4 is 14.4 Å². The molecular weight excluding hydrogens is 408 g/mol. The molecule has 1 N–H and O–H groups in total. The van der Waals surface area contributed by atoms with Crippen LogP contribution >= 0.6 is 24.0 Å². The minimum atomic E-state index is -0.323. The molecule has 0 radical (unpaired) electrons. The Labute approximate surface area is 176 Å². The van der Waals surface area contributed by atoms with Gasteiger partial charge in [-0.2, -0.15) is 0 Å². The Kier molecular flexibility index (Phi) is 5.12. The van der Waals surface area contributed by atoms with E-state index in [0.717, 1.165) is 22.7 Å². The zero-order valence-electron chi connectivity index (χ0n) is 15.6. The fourth-order valence-corrected chi connectivity index (χ4v) is 4.32. The van der Waals surface area contributed by atoms with Crippen LogP contribution in [0, 0.1) is 0 Å². The molecule has 29 heavy (non-hydrogen) atoms. The van der Waals surface area contributed by atoms with Crippen LogP contribution in [0.1, 0.15) is 10.4 Å². The molecular formula is C21H16N2O4S2. The van der Waals surface area contributed by atoms with Crippen molar-refractivity contribution in [2.45, 2.75) is 0 Å². The SMILES string of the molecule is COc1ccc(N2C(=O)/C(=C/C(=O)c3c[nH]c4ccc(OC)cc34)SC2=S)cc1. The number of rotatable bonds is 5. The van der Waals surface area contributed by atoms with Gasteiger partial charge in [-0.25, -0.2) is 0 Å².